The smallest absolute Gasteiger partial charge is 0.248 e. The van der Waals surface area contributed by atoms with Gasteiger partial charge >= 0.3 is 0 Å². The number of benzene rings is 2. The Morgan fingerprint density at radius 3 is 2.40 bits per heavy atom. The number of hydrogen-bond acceptors (Lipinski definition) is 6. The van der Waals surface area contributed by atoms with Gasteiger partial charge in [-0.1, -0.05) is 12.1 Å². The highest BCUT2D eigenvalue weighted by atomic mass is 16.5. The molecule has 3 rings (SSSR count). The normalized spacial score (nSPS) is 10.4. The molecule has 0 fully saturated rings. The van der Waals surface area contributed by atoms with E-state index in [1.807, 2.05) is 31.2 Å². The third-order valence-corrected chi connectivity index (χ3v) is 3.98. The van der Waals surface area contributed by atoms with E-state index in [9.17, 15) is 0 Å². The molecule has 3 N–H and O–H groups in total. The Labute approximate surface area is 146 Å². The van der Waals surface area contributed by atoms with Crippen molar-refractivity contribution in [2.75, 3.05) is 18.2 Å². The van der Waals surface area contributed by atoms with Crippen molar-refractivity contribution in [2.24, 2.45) is 0 Å². The van der Waals surface area contributed by atoms with Gasteiger partial charge in [0.25, 0.3) is 0 Å². The molecule has 0 unspecified atom stereocenters. The first-order valence-corrected chi connectivity index (χ1v) is 7.84. The van der Waals surface area contributed by atoms with Crippen molar-refractivity contribution < 1.29 is 9.47 Å². The molecule has 0 saturated carbocycles. The Morgan fingerprint density at radius 1 is 0.960 bits per heavy atom. The number of nitrogen functional groups attached to an aromatic ring is 1. The topological polar surface area (TPSA) is 82.3 Å². The first-order valence-electron chi connectivity index (χ1n) is 7.84. The van der Waals surface area contributed by atoms with Crippen LogP contribution < -0.4 is 20.5 Å². The number of ether oxygens (including phenoxy) is 2. The van der Waals surface area contributed by atoms with Crippen molar-refractivity contribution in [3.8, 4) is 17.4 Å². The zero-order chi connectivity index (χ0) is 17.8. The SMILES string of the molecule is COc1ccc(Oc2ncnc(Nc3cccc(C)c3C)c2N)cc1. The average Bonchev–Trinajstić information content (AvgIpc) is 2.63. The minimum atomic E-state index is 0.299. The number of nitrogens with two attached hydrogens (primary N) is 1. The third-order valence-electron chi connectivity index (χ3n) is 3.98. The van der Waals surface area contributed by atoms with Crippen LogP contribution in [0.2, 0.25) is 0 Å². The van der Waals surface area contributed by atoms with Crippen LogP contribution in [0.25, 0.3) is 0 Å². The lowest BCUT2D eigenvalue weighted by atomic mass is 10.1. The van der Waals surface area contributed by atoms with Crippen LogP contribution >= 0.6 is 0 Å². The van der Waals surface area contributed by atoms with Gasteiger partial charge in [0, 0.05) is 5.69 Å². The predicted molar refractivity (Wildman–Crippen MR) is 98.7 cm³/mol. The highest BCUT2D eigenvalue weighted by molar-refractivity contribution is 5.74. The number of aromatic nitrogens is 2. The first kappa shape index (κ1) is 16.6. The van der Waals surface area contributed by atoms with Crippen LogP contribution in [-0.4, -0.2) is 17.1 Å². The fraction of sp³-hybridized carbons (Fsp3) is 0.158. The maximum atomic E-state index is 6.19. The Morgan fingerprint density at radius 2 is 1.68 bits per heavy atom. The van der Waals surface area contributed by atoms with E-state index in [4.69, 9.17) is 15.2 Å². The summed E-state index contributed by atoms with van der Waals surface area (Å²) in [5.41, 5.74) is 9.80. The largest absolute Gasteiger partial charge is 0.497 e. The van der Waals surface area contributed by atoms with Crippen LogP contribution in [-0.2, 0) is 0 Å². The number of aryl methyl sites for hydroxylation is 1. The van der Waals surface area contributed by atoms with Crippen molar-refractivity contribution >= 4 is 17.2 Å². The summed E-state index contributed by atoms with van der Waals surface area (Å²) in [6, 6.07) is 13.2. The first-order chi connectivity index (χ1) is 12.1. The number of rotatable bonds is 5. The monoisotopic (exact) mass is 336 g/mol. The van der Waals surface area contributed by atoms with Gasteiger partial charge in [-0.25, -0.2) is 4.98 Å². The lowest BCUT2D eigenvalue weighted by Crippen LogP contribution is -2.04. The predicted octanol–water partition coefficient (Wildman–Crippen LogP) is 4.22. The third kappa shape index (κ3) is 3.63. The van der Waals surface area contributed by atoms with Crippen molar-refractivity contribution in [1.82, 2.24) is 9.97 Å². The van der Waals surface area contributed by atoms with Crippen LogP contribution in [0.1, 0.15) is 11.1 Å². The number of anilines is 3. The maximum Gasteiger partial charge on any atom is 0.248 e. The summed E-state index contributed by atoms with van der Waals surface area (Å²) in [5, 5.41) is 3.25. The second-order valence-corrected chi connectivity index (χ2v) is 5.59. The van der Waals surface area contributed by atoms with E-state index >= 15 is 0 Å². The summed E-state index contributed by atoms with van der Waals surface area (Å²) in [6.45, 7) is 4.10. The van der Waals surface area contributed by atoms with E-state index in [2.05, 4.69) is 28.3 Å². The molecule has 0 radical (unpaired) electrons. The Hall–Kier alpha value is -3.28. The van der Waals surface area contributed by atoms with Gasteiger partial charge in [-0.05, 0) is 55.3 Å². The van der Waals surface area contributed by atoms with Gasteiger partial charge in [0.15, 0.2) is 5.82 Å². The molecular formula is C19H20N4O2. The Balaban J connectivity index is 1.85. The zero-order valence-electron chi connectivity index (χ0n) is 14.4. The molecule has 0 saturated heterocycles. The van der Waals surface area contributed by atoms with Crippen LogP contribution in [0.5, 0.6) is 17.4 Å². The van der Waals surface area contributed by atoms with Crippen LogP contribution in [0, 0.1) is 13.8 Å². The molecule has 0 atom stereocenters. The molecule has 1 aromatic heterocycles. The summed E-state index contributed by atoms with van der Waals surface area (Å²) in [4.78, 5) is 8.36. The lowest BCUT2D eigenvalue weighted by Gasteiger charge is -2.14. The molecule has 0 aliphatic carbocycles. The van der Waals surface area contributed by atoms with Gasteiger partial charge in [0.2, 0.25) is 5.88 Å². The van der Waals surface area contributed by atoms with Gasteiger partial charge in [0.05, 0.1) is 7.11 Å². The van der Waals surface area contributed by atoms with Crippen LogP contribution in [0.15, 0.2) is 48.8 Å². The van der Waals surface area contributed by atoms with Gasteiger partial charge in [-0.15, -0.1) is 0 Å². The molecule has 0 amide bonds. The van der Waals surface area contributed by atoms with Crippen molar-refractivity contribution in [2.45, 2.75) is 13.8 Å². The van der Waals surface area contributed by atoms with Gasteiger partial charge in [-0.2, -0.15) is 4.98 Å². The molecule has 1 heterocycles. The molecule has 2 aromatic carbocycles. The molecule has 6 nitrogen and oxygen atoms in total. The summed E-state index contributed by atoms with van der Waals surface area (Å²) in [6.07, 6.45) is 1.42. The molecule has 128 valence electrons. The quantitative estimate of drug-likeness (QED) is 0.726. The van der Waals surface area contributed by atoms with Gasteiger partial charge in [-0.3, -0.25) is 0 Å². The summed E-state index contributed by atoms with van der Waals surface area (Å²) in [5.74, 6) is 2.17. The van der Waals surface area contributed by atoms with E-state index in [-0.39, 0.29) is 0 Å². The molecule has 0 aliphatic heterocycles. The molecule has 0 aliphatic rings. The van der Waals surface area contributed by atoms with Crippen molar-refractivity contribution in [1.29, 1.82) is 0 Å². The molecule has 25 heavy (non-hydrogen) atoms. The molecule has 6 heteroatoms. The highest BCUT2D eigenvalue weighted by Gasteiger charge is 2.12. The lowest BCUT2D eigenvalue weighted by molar-refractivity contribution is 0.412. The van der Waals surface area contributed by atoms with Crippen LogP contribution in [0.3, 0.4) is 0 Å². The van der Waals surface area contributed by atoms with E-state index in [0.29, 0.717) is 23.1 Å². The number of hydrogen-bond donors (Lipinski definition) is 2. The van der Waals surface area contributed by atoms with Crippen molar-refractivity contribution in [3.05, 3.63) is 59.9 Å². The molecule has 0 bridgehead atoms. The Bertz CT molecular complexity index is 879. The fourth-order valence-corrected chi connectivity index (χ4v) is 2.33. The fourth-order valence-electron chi connectivity index (χ4n) is 2.33. The Kier molecular flexibility index (Phi) is 4.70. The number of methoxy groups -OCH3 is 1. The number of nitrogens with zero attached hydrogens (tertiary/aromatic N) is 2. The second kappa shape index (κ2) is 7.09. The average molecular weight is 336 g/mol. The summed E-state index contributed by atoms with van der Waals surface area (Å²) >= 11 is 0. The second-order valence-electron chi connectivity index (χ2n) is 5.59. The highest BCUT2D eigenvalue weighted by Crippen LogP contribution is 2.32. The minimum Gasteiger partial charge on any atom is -0.497 e. The van der Waals surface area contributed by atoms with E-state index < -0.39 is 0 Å². The summed E-state index contributed by atoms with van der Waals surface area (Å²) in [7, 11) is 1.61. The van der Waals surface area contributed by atoms with E-state index in [1.54, 1.807) is 19.2 Å². The summed E-state index contributed by atoms with van der Waals surface area (Å²) < 4.78 is 10.9. The molecular weight excluding hydrogens is 316 g/mol. The number of nitrogens with one attached hydrogen (secondary N) is 1. The van der Waals surface area contributed by atoms with Gasteiger partial charge in [0.1, 0.15) is 23.5 Å². The van der Waals surface area contributed by atoms with E-state index in [0.717, 1.165) is 17.0 Å². The molecule has 0 spiro atoms. The van der Waals surface area contributed by atoms with Gasteiger partial charge < -0.3 is 20.5 Å². The zero-order valence-corrected chi connectivity index (χ0v) is 14.4. The standard InChI is InChI=1S/C19H20N4O2/c1-12-5-4-6-16(13(12)2)23-18-17(20)19(22-11-21-18)25-15-9-7-14(24-3)8-10-15/h4-11H,20H2,1-3H3,(H,21,22,23). The van der Waals surface area contributed by atoms with Crippen LogP contribution in [0.4, 0.5) is 17.2 Å². The van der Waals surface area contributed by atoms with E-state index in [1.165, 1.54) is 11.9 Å². The molecule has 3 aromatic rings. The minimum absolute atomic E-state index is 0.299. The maximum absolute atomic E-state index is 6.19. The van der Waals surface area contributed by atoms with Crippen molar-refractivity contribution in [3.63, 3.8) is 0 Å².